The van der Waals surface area contributed by atoms with Crippen LogP contribution in [0.4, 0.5) is 24.9 Å². The van der Waals surface area contributed by atoms with Crippen LogP contribution in [0.1, 0.15) is 18.7 Å². The minimum atomic E-state index is -6.37. The van der Waals surface area contributed by atoms with Crippen molar-refractivity contribution in [3.63, 3.8) is 0 Å². The van der Waals surface area contributed by atoms with Crippen molar-refractivity contribution in [2.24, 2.45) is 13.0 Å². The van der Waals surface area contributed by atoms with Crippen LogP contribution in [0, 0.1) is 5.92 Å². The zero-order chi connectivity index (χ0) is 55.6. The number of phosphoric ester groups is 2. The standard InChI is InChI=1S/C33H43F3N12O24P4/c1-45-11-48(26-18(45)27(53)44-31(38)43-26)28-19(50)12(5-64-33(34,35)36)13(68-28)6-66-74(57,58)71-76(61,62)72-75(59,60)67-8-15-23(22(63-2)30(70-15)47-10-41-17-24(37)39-9-40-25(17)47)73(55,56)65-7-14-20(51)21(52)29(69-14)46-4-3-16(49)42-32(46)54/h3-4,9-15,19-23,28-30,50-52H,5-8H2,1-2H3,(H9-,37,38,39,40,42,43,44,49,53,54,55,56,57,58,59,60,61,62)/t12-,13-,14-,15-,19-,20-,21-,22-,23-,28-,29-,30-/m1/s1. The number of aliphatic hydroxyl groups excluding tert-OH is 3. The first-order valence-electron chi connectivity index (χ1n) is 21.3. The highest BCUT2D eigenvalue weighted by atomic mass is 31.3. The number of H-pyrrole nitrogens is 2. The van der Waals surface area contributed by atoms with Crippen LogP contribution in [0.2, 0.25) is 0 Å². The number of nitrogens with one attached hydrogen (secondary N) is 2. The first-order chi connectivity index (χ1) is 35.4. The molecular formula is C33H43F3N12O24P4. The summed E-state index contributed by atoms with van der Waals surface area (Å²) in [5, 5.41) is 32.6. The van der Waals surface area contributed by atoms with Gasteiger partial charge in [-0.1, -0.05) is 4.98 Å². The number of ether oxygens (including phenoxy) is 5. The normalized spacial score (nSPS) is 30.4. The van der Waals surface area contributed by atoms with E-state index in [9.17, 15) is 80.7 Å². The van der Waals surface area contributed by atoms with Crippen LogP contribution < -0.4 is 37.7 Å². The van der Waals surface area contributed by atoms with Gasteiger partial charge in [0.15, 0.2) is 30.2 Å². The number of aromatic nitrogens is 10. The third kappa shape index (κ3) is 12.1. The third-order valence-electron chi connectivity index (χ3n) is 11.7. The summed E-state index contributed by atoms with van der Waals surface area (Å²) in [5.74, 6) is -2.36. The Kier molecular flexibility index (Phi) is 16.2. The maximum absolute atomic E-state index is 14.2. The second-order valence-electron chi connectivity index (χ2n) is 16.6. The molecular weight excluding hydrogens is 1130 g/mol. The Morgan fingerprint density at radius 1 is 0.829 bits per heavy atom. The van der Waals surface area contributed by atoms with E-state index in [-0.39, 0.29) is 28.1 Å². The Morgan fingerprint density at radius 2 is 1.47 bits per heavy atom. The number of nitrogens with zero attached hydrogens (tertiary/aromatic N) is 8. The number of halogens is 3. The van der Waals surface area contributed by atoms with Crippen LogP contribution in [0.25, 0.3) is 22.3 Å². The molecule has 12 N–H and O–H groups in total. The van der Waals surface area contributed by atoms with Crippen molar-refractivity contribution in [2.45, 2.75) is 73.4 Å². The van der Waals surface area contributed by atoms with Crippen LogP contribution >= 0.6 is 31.1 Å². The molecule has 5 aromatic rings. The van der Waals surface area contributed by atoms with Gasteiger partial charge in [-0.25, -0.2) is 38.0 Å². The fraction of sp³-hybridized carbons (Fsp3) is 0.576. The minimum Gasteiger partial charge on any atom is -0.778 e. The number of hydrogen-bond donors (Lipinski definition) is 10. The van der Waals surface area contributed by atoms with Crippen molar-refractivity contribution in [1.82, 2.24) is 43.6 Å². The van der Waals surface area contributed by atoms with Gasteiger partial charge in [0.2, 0.25) is 11.7 Å². The molecule has 0 saturated carbocycles. The Balaban J connectivity index is 0.966. The van der Waals surface area contributed by atoms with Gasteiger partial charge in [-0.2, -0.15) is 8.62 Å². The summed E-state index contributed by atoms with van der Waals surface area (Å²) in [6.07, 6.45) is -19.4. The zero-order valence-electron chi connectivity index (χ0n) is 38.3. The SMILES string of the molecule is CO[C@@H]1[C@H](P(=O)([O-])OC[C@H]2O[C@@H](n3ccc(=O)[nH]c3=O)[C@H](O)[C@@H]2O)[C@@H](COP(=O)(O)OP(=O)(O)OP(=O)(O)OC[C@H]2O[C@@H]([n+]3cn(C)c4c(=O)[nH]c(N)nc43)[C@H](O)[C@@H]2COC(F)(F)F)O[C@H]1n1cnc2c(N)ncnc21. The largest absolute Gasteiger partial charge is 0.778 e. The van der Waals surface area contributed by atoms with E-state index in [0.29, 0.717) is 4.57 Å². The Morgan fingerprint density at radius 3 is 2.12 bits per heavy atom. The van der Waals surface area contributed by atoms with Gasteiger partial charge in [-0.3, -0.25) is 47.0 Å². The van der Waals surface area contributed by atoms with E-state index >= 15 is 0 Å². The molecule has 3 aliphatic rings. The van der Waals surface area contributed by atoms with Crippen LogP contribution in [0.3, 0.4) is 0 Å². The van der Waals surface area contributed by atoms with Crippen LogP contribution in [-0.4, -0.2) is 162 Å². The maximum Gasteiger partial charge on any atom is 0.522 e. The summed E-state index contributed by atoms with van der Waals surface area (Å²) in [6, 6.07) is 0.891. The quantitative estimate of drug-likeness (QED) is 0.0265. The van der Waals surface area contributed by atoms with E-state index in [4.69, 9.17) is 39.5 Å². The monoisotopic (exact) mass is 1170 g/mol. The molecule has 0 radical (unpaired) electrons. The van der Waals surface area contributed by atoms with Gasteiger partial charge in [-0.05, 0) is 0 Å². The molecule has 0 aliphatic carbocycles. The topological polar surface area (TPSA) is 510 Å². The molecule has 0 spiro atoms. The number of methoxy groups -OCH3 is 1. The minimum absolute atomic E-state index is 0.0203. The number of aromatic amines is 2. The fourth-order valence-corrected chi connectivity index (χ4v) is 13.7. The average Bonchev–Trinajstić information content (AvgIpc) is 4.12. The van der Waals surface area contributed by atoms with Crippen molar-refractivity contribution in [2.75, 3.05) is 45.0 Å². The molecule has 0 bridgehead atoms. The van der Waals surface area contributed by atoms with Gasteiger partial charge in [0.25, 0.3) is 17.1 Å². The number of imidazole rings is 2. The van der Waals surface area contributed by atoms with E-state index in [0.717, 1.165) is 47.5 Å². The lowest BCUT2D eigenvalue weighted by Gasteiger charge is -2.35. The molecule has 0 aromatic carbocycles. The van der Waals surface area contributed by atoms with E-state index in [2.05, 4.69) is 42.8 Å². The number of fused-ring (bicyclic) bond motifs is 2. The predicted molar refractivity (Wildman–Crippen MR) is 234 cm³/mol. The van der Waals surface area contributed by atoms with Crippen molar-refractivity contribution < 1.29 is 117 Å². The number of aryl methyl sites for hydroxylation is 1. The smallest absolute Gasteiger partial charge is 0.522 e. The number of anilines is 2. The molecule has 8 rings (SSSR count). The number of hydrogen-bond acceptors (Lipinski definition) is 27. The van der Waals surface area contributed by atoms with E-state index in [1.807, 2.05) is 4.98 Å². The lowest BCUT2D eigenvalue weighted by molar-refractivity contribution is -0.745. The highest BCUT2D eigenvalue weighted by Crippen LogP contribution is 2.68. The molecule has 43 heteroatoms. The van der Waals surface area contributed by atoms with Crippen LogP contribution in [0.15, 0.2) is 45.6 Å². The maximum atomic E-state index is 14.2. The van der Waals surface area contributed by atoms with Gasteiger partial charge < -0.3 is 74.4 Å². The van der Waals surface area contributed by atoms with Gasteiger partial charge >= 0.3 is 41.2 Å². The molecule has 3 fully saturated rings. The van der Waals surface area contributed by atoms with E-state index in [1.165, 1.54) is 11.6 Å². The Bertz CT molecular complexity index is 3360. The molecule has 3 aliphatic heterocycles. The molecule has 8 heterocycles. The molecule has 5 aromatic heterocycles. The Hall–Kier alpha value is -4.79. The first-order valence-corrected chi connectivity index (χ1v) is 27.4. The number of nitrogens with two attached hydrogens (primary N) is 2. The van der Waals surface area contributed by atoms with Gasteiger partial charge in [0.05, 0.1) is 57.7 Å². The number of alkyl halides is 3. The highest BCUT2D eigenvalue weighted by molar-refractivity contribution is 7.66. The van der Waals surface area contributed by atoms with Gasteiger partial charge in [-0.15, -0.1) is 13.2 Å². The molecule has 16 atom stereocenters. The van der Waals surface area contributed by atoms with Crippen molar-refractivity contribution in [3.05, 3.63) is 62.4 Å². The number of phosphoric acid groups is 3. The third-order valence-corrected chi connectivity index (χ3v) is 17.9. The summed E-state index contributed by atoms with van der Waals surface area (Å²) in [4.78, 5) is 102. The van der Waals surface area contributed by atoms with Crippen molar-refractivity contribution >= 4 is 65.2 Å². The second-order valence-corrected chi connectivity index (χ2v) is 23.2. The molecule has 4 unspecified atom stereocenters. The number of nitrogen functional groups attached to an aromatic ring is 2. The first kappa shape index (κ1) is 57.4. The summed E-state index contributed by atoms with van der Waals surface area (Å²) in [6.45, 7) is -5.26. The molecule has 36 nitrogen and oxygen atoms in total. The lowest BCUT2D eigenvalue weighted by atomic mass is 9.99. The lowest BCUT2D eigenvalue weighted by Crippen LogP contribution is -2.46. The molecule has 76 heavy (non-hydrogen) atoms. The Labute approximate surface area is 418 Å². The van der Waals surface area contributed by atoms with Crippen molar-refractivity contribution in [1.29, 1.82) is 0 Å². The number of aliphatic hydroxyl groups is 3. The van der Waals surface area contributed by atoms with Crippen molar-refractivity contribution in [3.8, 4) is 0 Å². The average molecular weight is 1170 g/mol. The molecule has 420 valence electrons. The van der Waals surface area contributed by atoms with Crippen LogP contribution in [0.5, 0.6) is 0 Å². The predicted octanol–water partition coefficient (Wildman–Crippen LogP) is -3.65. The molecule has 0 amide bonds. The summed E-state index contributed by atoms with van der Waals surface area (Å²) in [5.41, 5.74) is 6.24. The van der Waals surface area contributed by atoms with E-state index < -0.39 is 160 Å². The highest BCUT2D eigenvalue weighted by Gasteiger charge is 2.55. The fourth-order valence-electron chi connectivity index (χ4n) is 8.46. The summed E-state index contributed by atoms with van der Waals surface area (Å²) >= 11 is 0. The molecule has 3 saturated heterocycles. The second kappa shape index (κ2) is 21.5. The van der Waals surface area contributed by atoms with Crippen LogP contribution in [-0.2, 0) is 71.2 Å². The number of rotatable bonds is 20. The zero-order valence-corrected chi connectivity index (χ0v) is 41.9. The van der Waals surface area contributed by atoms with Gasteiger partial charge in [0, 0.05) is 25.3 Å². The van der Waals surface area contributed by atoms with Gasteiger partial charge in [0.1, 0.15) is 50.0 Å². The summed E-state index contributed by atoms with van der Waals surface area (Å²) < 4.78 is 146. The summed E-state index contributed by atoms with van der Waals surface area (Å²) in [7, 11) is -21.8. The van der Waals surface area contributed by atoms with E-state index in [1.54, 1.807) is 0 Å².